The molecule has 0 aliphatic rings. The van der Waals surface area contributed by atoms with Gasteiger partial charge in [-0.2, -0.15) is 0 Å². The molecule has 5 heteroatoms. The normalized spacial score (nSPS) is 11.7. The number of ether oxygens (including phenoxy) is 1. The maximum Gasteiger partial charge on any atom is 0.178 e. The average molecular weight is 338 g/mol. The standard InChI is InChI=1S/C19H18N2O2S/c1-10(2)14-9-24-19(21-14)13-8-11(3)17-16(20-13)12-6-5-7-15(22-4)18(12)23-17/h5-10H,1-4H3. The van der Waals surface area contributed by atoms with Gasteiger partial charge in [0.2, 0.25) is 0 Å². The number of pyridine rings is 1. The fourth-order valence-electron chi connectivity index (χ4n) is 2.82. The van der Waals surface area contributed by atoms with Crippen molar-refractivity contribution in [3.8, 4) is 16.5 Å². The SMILES string of the molecule is COc1cccc2c1oc1c(C)cc(-c3nc(C(C)C)cs3)nc12. The first-order valence-corrected chi connectivity index (χ1v) is 8.79. The third-order valence-corrected chi connectivity index (χ3v) is 5.03. The molecule has 0 saturated carbocycles. The zero-order valence-corrected chi connectivity index (χ0v) is 14.9. The summed E-state index contributed by atoms with van der Waals surface area (Å²) >= 11 is 1.63. The summed E-state index contributed by atoms with van der Waals surface area (Å²) in [7, 11) is 1.65. The fraction of sp³-hybridized carbons (Fsp3) is 0.263. The van der Waals surface area contributed by atoms with Crippen molar-refractivity contribution < 1.29 is 9.15 Å². The number of thiazole rings is 1. The van der Waals surface area contributed by atoms with E-state index in [0.717, 1.165) is 49.8 Å². The van der Waals surface area contributed by atoms with Crippen LogP contribution in [-0.2, 0) is 0 Å². The number of aryl methyl sites for hydroxylation is 1. The molecule has 4 aromatic rings. The van der Waals surface area contributed by atoms with Crippen LogP contribution in [0.15, 0.2) is 34.1 Å². The zero-order valence-electron chi connectivity index (χ0n) is 14.1. The van der Waals surface area contributed by atoms with Crippen LogP contribution in [0.5, 0.6) is 5.75 Å². The Bertz CT molecular complexity index is 1050. The van der Waals surface area contributed by atoms with Crippen molar-refractivity contribution in [1.29, 1.82) is 0 Å². The van der Waals surface area contributed by atoms with Crippen LogP contribution in [0, 0.1) is 6.92 Å². The smallest absolute Gasteiger partial charge is 0.178 e. The summed E-state index contributed by atoms with van der Waals surface area (Å²) in [6, 6.07) is 7.91. The van der Waals surface area contributed by atoms with Gasteiger partial charge in [-0.25, -0.2) is 9.97 Å². The molecule has 0 amide bonds. The highest BCUT2D eigenvalue weighted by Crippen LogP contribution is 2.37. The van der Waals surface area contributed by atoms with Gasteiger partial charge in [-0.1, -0.05) is 19.9 Å². The van der Waals surface area contributed by atoms with E-state index in [-0.39, 0.29) is 0 Å². The third kappa shape index (κ3) is 2.27. The maximum absolute atomic E-state index is 6.04. The molecular formula is C19H18N2O2S. The molecule has 0 bridgehead atoms. The van der Waals surface area contributed by atoms with Gasteiger partial charge in [0.25, 0.3) is 0 Å². The second-order valence-corrected chi connectivity index (χ2v) is 7.03. The fourth-order valence-corrected chi connectivity index (χ4v) is 3.76. The lowest BCUT2D eigenvalue weighted by Gasteiger charge is -2.00. The molecule has 0 aliphatic carbocycles. The van der Waals surface area contributed by atoms with Crippen molar-refractivity contribution >= 4 is 33.4 Å². The van der Waals surface area contributed by atoms with Crippen LogP contribution in [0.2, 0.25) is 0 Å². The summed E-state index contributed by atoms with van der Waals surface area (Å²) in [6.45, 7) is 6.34. The number of fused-ring (bicyclic) bond motifs is 3. The Kier molecular flexibility index (Phi) is 3.53. The Balaban J connectivity index is 1.97. The molecule has 1 aromatic carbocycles. The third-order valence-electron chi connectivity index (χ3n) is 4.15. The molecule has 0 spiro atoms. The molecule has 3 heterocycles. The zero-order chi connectivity index (χ0) is 16.8. The van der Waals surface area contributed by atoms with Gasteiger partial charge in [0.05, 0.1) is 18.2 Å². The van der Waals surface area contributed by atoms with Crippen molar-refractivity contribution in [2.24, 2.45) is 0 Å². The summed E-state index contributed by atoms with van der Waals surface area (Å²) in [5, 5.41) is 4.02. The highest BCUT2D eigenvalue weighted by Gasteiger charge is 2.17. The monoisotopic (exact) mass is 338 g/mol. The molecule has 24 heavy (non-hydrogen) atoms. The number of nitrogens with zero attached hydrogens (tertiary/aromatic N) is 2. The van der Waals surface area contributed by atoms with Gasteiger partial charge in [0, 0.05) is 5.38 Å². The van der Waals surface area contributed by atoms with Gasteiger partial charge in [-0.05, 0) is 36.6 Å². The van der Waals surface area contributed by atoms with E-state index in [4.69, 9.17) is 19.1 Å². The Morgan fingerprint density at radius 3 is 2.71 bits per heavy atom. The first kappa shape index (κ1) is 15.1. The van der Waals surface area contributed by atoms with Gasteiger partial charge in [0.15, 0.2) is 16.9 Å². The van der Waals surface area contributed by atoms with Crippen molar-refractivity contribution in [1.82, 2.24) is 9.97 Å². The number of methoxy groups -OCH3 is 1. The molecule has 0 atom stereocenters. The summed E-state index contributed by atoms with van der Waals surface area (Å²) < 4.78 is 11.4. The van der Waals surface area contributed by atoms with Crippen molar-refractivity contribution in [2.45, 2.75) is 26.7 Å². The van der Waals surface area contributed by atoms with Crippen molar-refractivity contribution in [3.63, 3.8) is 0 Å². The molecule has 0 saturated heterocycles. The predicted molar refractivity (Wildman–Crippen MR) is 98.0 cm³/mol. The lowest BCUT2D eigenvalue weighted by Crippen LogP contribution is -1.89. The second kappa shape index (κ2) is 5.60. The predicted octanol–water partition coefficient (Wildman–Crippen LogP) is 5.54. The largest absolute Gasteiger partial charge is 0.493 e. The second-order valence-electron chi connectivity index (χ2n) is 6.17. The number of furan rings is 1. The maximum atomic E-state index is 6.04. The van der Waals surface area contributed by atoms with Gasteiger partial charge in [0.1, 0.15) is 16.2 Å². The Labute approximate surface area is 144 Å². The lowest BCUT2D eigenvalue weighted by atomic mass is 10.1. The number of para-hydroxylation sites is 1. The van der Waals surface area contributed by atoms with Gasteiger partial charge >= 0.3 is 0 Å². The van der Waals surface area contributed by atoms with Crippen molar-refractivity contribution in [3.05, 3.63) is 40.9 Å². The minimum atomic E-state index is 0.416. The first-order valence-electron chi connectivity index (χ1n) is 7.91. The van der Waals surface area contributed by atoms with Gasteiger partial charge < -0.3 is 9.15 Å². The molecule has 4 nitrogen and oxygen atoms in total. The molecule has 0 unspecified atom stereocenters. The summed E-state index contributed by atoms with van der Waals surface area (Å²) in [5.74, 6) is 1.14. The Morgan fingerprint density at radius 2 is 2.00 bits per heavy atom. The van der Waals surface area contributed by atoms with Crippen LogP contribution >= 0.6 is 11.3 Å². The van der Waals surface area contributed by atoms with E-state index in [0.29, 0.717) is 5.92 Å². The molecule has 122 valence electrons. The van der Waals surface area contributed by atoms with E-state index in [9.17, 15) is 0 Å². The van der Waals surface area contributed by atoms with Crippen LogP contribution in [0.4, 0.5) is 0 Å². The van der Waals surface area contributed by atoms with Crippen LogP contribution in [0.25, 0.3) is 32.8 Å². The topological polar surface area (TPSA) is 48.2 Å². The highest BCUT2D eigenvalue weighted by molar-refractivity contribution is 7.13. The minimum absolute atomic E-state index is 0.416. The molecule has 0 radical (unpaired) electrons. The van der Waals surface area contributed by atoms with Crippen LogP contribution in [0.3, 0.4) is 0 Å². The first-order chi connectivity index (χ1) is 11.6. The molecule has 0 N–H and O–H groups in total. The molecule has 0 aliphatic heterocycles. The number of benzene rings is 1. The highest BCUT2D eigenvalue weighted by atomic mass is 32.1. The lowest BCUT2D eigenvalue weighted by molar-refractivity contribution is 0.412. The Hall–Kier alpha value is -2.40. The van der Waals surface area contributed by atoms with E-state index in [1.54, 1.807) is 18.4 Å². The quantitative estimate of drug-likeness (QED) is 0.492. The molecule has 0 fully saturated rings. The molecular weight excluding hydrogens is 320 g/mol. The molecule has 3 aromatic heterocycles. The number of hydrogen-bond donors (Lipinski definition) is 0. The van der Waals surface area contributed by atoms with E-state index >= 15 is 0 Å². The summed E-state index contributed by atoms with van der Waals surface area (Å²) in [4.78, 5) is 9.57. The van der Waals surface area contributed by atoms with Gasteiger partial charge in [-0.15, -0.1) is 11.3 Å². The summed E-state index contributed by atoms with van der Waals surface area (Å²) in [6.07, 6.45) is 0. The number of hydrogen-bond acceptors (Lipinski definition) is 5. The average Bonchev–Trinajstić information content (AvgIpc) is 3.19. The van der Waals surface area contributed by atoms with Gasteiger partial charge in [-0.3, -0.25) is 0 Å². The Morgan fingerprint density at radius 1 is 1.17 bits per heavy atom. The number of rotatable bonds is 3. The summed E-state index contributed by atoms with van der Waals surface area (Å²) in [5.41, 5.74) is 5.45. The van der Waals surface area contributed by atoms with Crippen LogP contribution in [-0.4, -0.2) is 17.1 Å². The number of aromatic nitrogens is 2. The van der Waals surface area contributed by atoms with Crippen LogP contribution in [0.1, 0.15) is 31.0 Å². The molecule has 4 rings (SSSR count). The van der Waals surface area contributed by atoms with Crippen LogP contribution < -0.4 is 4.74 Å². The van der Waals surface area contributed by atoms with E-state index in [1.807, 2.05) is 31.2 Å². The van der Waals surface area contributed by atoms with E-state index in [2.05, 4.69) is 19.2 Å². The minimum Gasteiger partial charge on any atom is -0.493 e. The van der Waals surface area contributed by atoms with Crippen molar-refractivity contribution in [2.75, 3.05) is 7.11 Å². The van der Waals surface area contributed by atoms with E-state index in [1.165, 1.54) is 0 Å². The van der Waals surface area contributed by atoms with E-state index < -0.39 is 0 Å².